The number of rotatable bonds is 7. The molecule has 7 nitrogen and oxygen atoms in total. The number of oxazole rings is 1. The van der Waals surface area contributed by atoms with Gasteiger partial charge in [0, 0.05) is 23.4 Å². The van der Waals surface area contributed by atoms with Crippen molar-refractivity contribution in [2.45, 2.75) is 51.0 Å². The second-order valence-corrected chi connectivity index (χ2v) is 10.3. The van der Waals surface area contributed by atoms with E-state index in [1.165, 1.54) is 17.7 Å². The smallest absolute Gasteiger partial charge is 0.295 e. The van der Waals surface area contributed by atoms with Crippen LogP contribution in [0.2, 0.25) is 0 Å². The molecule has 3 aliphatic carbocycles. The third-order valence-corrected chi connectivity index (χ3v) is 7.75. The number of hydrogen-bond donors (Lipinski definition) is 3. The van der Waals surface area contributed by atoms with Crippen LogP contribution in [0.4, 0.5) is 11.0 Å². The number of amides is 2. The quantitative estimate of drug-likeness (QED) is 0.497. The summed E-state index contributed by atoms with van der Waals surface area (Å²) in [6.07, 6.45) is 6.74. The maximum atomic E-state index is 13.2. The monoisotopic (exact) mass is 450 g/mol. The van der Waals surface area contributed by atoms with Crippen molar-refractivity contribution < 1.29 is 14.0 Å². The molecule has 0 radical (unpaired) electrons. The molecule has 1 atom stereocenters. The van der Waals surface area contributed by atoms with Crippen molar-refractivity contribution in [1.82, 2.24) is 10.3 Å². The molecule has 3 N–H and O–H groups in total. The van der Waals surface area contributed by atoms with E-state index in [2.05, 4.69) is 20.9 Å². The topological polar surface area (TPSA) is 96.3 Å². The highest BCUT2D eigenvalue weighted by atomic mass is 32.1. The van der Waals surface area contributed by atoms with Gasteiger partial charge < -0.3 is 20.4 Å². The summed E-state index contributed by atoms with van der Waals surface area (Å²) < 4.78 is 5.84. The molecule has 8 heteroatoms. The van der Waals surface area contributed by atoms with Crippen molar-refractivity contribution in [2.75, 3.05) is 17.2 Å². The van der Waals surface area contributed by atoms with Crippen LogP contribution in [0.15, 0.2) is 28.7 Å². The van der Waals surface area contributed by atoms with Gasteiger partial charge in [-0.15, -0.1) is 11.3 Å². The zero-order valence-electron chi connectivity index (χ0n) is 17.8. The first kappa shape index (κ1) is 19.8. The predicted molar refractivity (Wildman–Crippen MR) is 124 cm³/mol. The molecule has 1 aromatic carbocycles. The van der Waals surface area contributed by atoms with Crippen LogP contribution in [0.5, 0.6) is 0 Å². The lowest BCUT2D eigenvalue weighted by atomic mass is 9.91. The molecule has 2 fully saturated rings. The Morgan fingerprint density at radius 2 is 1.97 bits per heavy atom. The normalized spacial score (nSPS) is 20.1. The van der Waals surface area contributed by atoms with Gasteiger partial charge in [-0.1, -0.05) is 12.1 Å². The molecule has 0 aliphatic heterocycles. The second-order valence-electron chi connectivity index (χ2n) is 9.20. The summed E-state index contributed by atoms with van der Waals surface area (Å²) in [5, 5.41) is 10.3. The summed E-state index contributed by atoms with van der Waals surface area (Å²) in [7, 11) is 0. The molecule has 2 aromatic heterocycles. The SMILES string of the molecule is O=C(NCC1CC1)c1c(NC(=O)C2CC2)sc2c1CC(Nc1nc3ccccc3o1)CC2. The second kappa shape index (κ2) is 7.92. The lowest BCUT2D eigenvalue weighted by molar-refractivity contribution is -0.117. The maximum Gasteiger partial charge on any atom is 0.295 e. The molecule has 3 aromatic rings. The number of hydrogen-bond acceptors (Lipinski definition) is 6. The fraction of sp³-hybridized carbons (Fsp3) is 0.458. The first-order chi connectivity index (χ1) is 15.6. The Labute approximate surface area is 190 Å². The molecule has 32 heavy (non-hydrogen) atoms. The molecule has 2 heterocycles. The van der Waals surface area contributed by atoms with E-state index >= 15 is 0 Å². The lowest BCUT2D eigenvalue weighted by Gasteiger charge is -2.23. The average Bonchev–Trinajstić information content (AvgIpc) is 3.71. The van der Waals surface area contributed by atoms with E-state index < -0.39 is 0 Å². The first-order valence-corrected chi connectivity index (χ1v) is 12.3. The minimum absolute atomic E-state index is 0.0426. The van der Waals surface area contributed by atoms with Crippen LogP contribution in [-0.4, -0.2) is 29.4 Å². The van der Waals surface area contributed by atoms with Crippen LogP contribution in [-0.2, 0) is 17.6 Å². The van der Waals surface area contributed by atoms with Gasteiger partial charge in [-0.05, 0) is 68.6 Å². The number of carbonyl (C=O) groups is 2. The number of para-hydroxylation sites is 2. The molecule has 2 saturated carbocycles. The van der Waals surface area contributed by atoms with Gasteiger partial charge in [0.1, 0.15) is 10.5 Å². The number of aryl methyl sites for hydroxylation is 1. The molecule has 0 spiro atoms. The van der Waals surface area contributed by atoms with Gasteiger partial charge in [0.15, 0.2) is 5.58 Å². The Hall–Kier alpha value is -2.87. The molecule has 1 unspecified atom stereocenters. The van der Waals surface area contributed by atoms with Crippen LogP contribution >= 0.6 is 11.3 Å². The Balaban J connectivity index is 1.24. The third kappa shape index (κ3) is 3.99. The lowest BCUT2D eigenvalue weighted by Crippen LogP contribution is -2.31. The zero-order valence-corrected chi connectivity index (χ0v) is 18.6. The summed E-state index contributed by atoms with van der Waals surface area (Å²) in [6.45, 7) is 0.712. The number of aromatic nitrogens is 1. The van der Waals surface area contributed by atoms with E-state index in [-0.39, 0.29) is 23.8 Å². The molecule has 0 bridgehead atoms. The minimum atomic E-state index is -0.0667. The van der Waals surface area contributed by atoms with E-state index in [1.54, 1.807) is 11.3 Å². The van der Waals surface area contributed by atoms with Crippen LogP contribution in [0.25, 0.3) is 11.1 Å². The van der Waals surface area contributed by atoms with Crippen molar-refractivity contribution in [1.29, 1.82) is 0 Å². The summed E-state index contributed by atoms with van der Waals surface area (Å²) in [5.74, 6) is 0.681. The van der Waals surface area contributed by atoms with Gasteiger partial charge in [-0.25, -0.2) is 0 Å². The fourth-order valence-electron chi connectivity index (χ4n) is 4.35. The van der Waals surface area contributed by atoms with Crippen LogP contribution < -0.4 is 16.0 Å². The van der Waals surface area contributed by atoms with Crippen molar-refractivity contribution in [3.63, 3.8) is 0 Å². The summed E-state index contributed by atoms with van der Waals surface area (Å²) in [6, 6.07) is 8.33. The largest absolute Gasteiger partial charge is 0.424 e. The van der Waals surface area contributed by atoms with Crippen LogP contribution in [0.3, 0.4) is 0 Å². The molecule has 0 saturated heterocycles. The summed E-state index contributed by atoms with van der Waals surface area (Å²) in [5.41, 5.74) is 3.29. The highest BCUT2D eigenvalue weighted by Gasteiger charge is 2.34. The van der Waals surface area contributed by atoms with Crippen molar-refractivity contribution in [3.05, 3.63) is 40.3 Å². The van der Waals surface area contributed by atoms with Crippen molar-refractivity contribution in [2.24, 2.45) is 11.8 Å². The average molecular weight is 451 g/mol. The zero-order chi connectivity index (χ0) is 21.7. The van der Waals surface area contributed by atoms with E-state index in [9.17, 15) is 9.59 Å². The Bertz CT molecular complexity index is 1160. The summed E-state index contributed by atoms with van der Waals surface area (Å²) in [4.78, 5) is 31.4. The molecule has 166 valence electrons. The van der Waals surface area contributed by atoms with Gasteiger partial charge in [0.05, 0.1) is 5.56 Å². The fourth-order valence-corrected chi connectivity index (χ4v) is 5.60. The molecule has 6 rings (SSSR count). The Morgan fingerprint density at radius 3 is 2.75 bits per heavy atom. The maximum absolute atomic E-state index is 13.2. The van der Waals surface area contributed by atoms with Crippen LogP contribution in [0.1, 0.15) is 52.9 Å². The van der Waals surface area contributed by atoms with E-state index in [4.69, 9.17) is 4.42 Å². The first-order valence-electron chi connectivity index (χ1n) is 11.5. The number of thiophene rings is 1. The molecule has 2 amide bonds. The van der Waals surface area contributed by atoms with E-state index in [0.717, 1.165) is 42.3 Å². The molecular formula is C24H26N4O3S. The highest BCUT2D eigenvalue weighted by molar-refractivity contribution is 7.17. The highest BCUT2D eigenvalue weighted by Crippen LogP contribution is 2.40. The van der Waals surface area contributed by atoms with Gasteiger partial charge in [-0.3, -0.25) is 9.59 Å². The van der Waals surface area contributed by atoms with Crippen LogP contribution in [0, 0.1) is 11.8 Å². The Kier molecular flexibility index (Phi) is 4.90. The molecular weight excluding hydrogens is 424 g/mol. The van der Waals surface area contributed by atoms with Gasteiger partial charge in [0.2, 0.25) is 5.91 Å². The van der Waals surface area contributed by atoms with Crippen molar-refractivity contribution in [3.8, 4) is 0 Å². The standard InChI is InChI=1S/C24H26N4O3S/c29-21(14-7-8-14)28-23-20(22(30)25-12-13-5-6-13)16-11-15(9-10-19(16)32-23)26-24-27-17-3-1-2-4-18(17)31-24/h1-4,13-15H,5-12H2,(H,25,30)(H,26,27)(H,28,29). The molecule has 3 aliphatic rings. The van der Waals surface area contributed by atoms with Gasteiger partial charge in [0.25, 0.3) is 11.9 Å². The van der Waals surface area contributed by atoms with Gasteiger partial charge in [-0.2, -0.15) is 4.98 Å². The van der Waals surface area contributed by atoms with Crippen molar-refractivity contribution >= 4 is 45.3 Å². The number of fused-ring (bicyclic) bond motifs is 2. The van der Waals surface area contributed by atoms with Gasteiger partial charge >= 0.3 is 0 Å². The third-order valence-electron chi connectivity index (χ3n) is 6.54. The number of benzene rings is 1. The number of anilines is 2. The number of nitrogens with zero attached hydrogens (tertiary/aromatic N) is 1. The van der Waals surface area contributed by atoms with E-state index in [0.29, 0.717) is 35.5 Å². The number of nitrogens with one attached hydrogen (secondary N) is 3. The summed E-state index contributed by atoms with van der Waals surface area (Å²) >= 11 is 1.57. The minimum Gasteiger partial charge on any atom is -0.424 e. The predicted octanol–water partition coefficient (Wildman–Crippen LogP) is 4.35. The Morgan fingerprint density at radius 1 is 1.12 bits per heavy atom. The number of carbonyl (C=O) groups excluding carboxylic acids is 2. The van der Waals surface area contributed by atoms with E-state index in [1.807, 2.05) is 24.3 Å².